The highest BCUT2D eigenvalue weighted by Crippen LogP contribution is 1.90. The standard InChI is InChI=1S/C9H15NO3/c11-7-1-4-10(5-2-8-12)6-3-9-13/h1-3,7-9,11-13H,4-6H2. The van der Waals surface area contributed by atoms with E-state index in [0.29, 0.717) is 19.6 Å². The summed E-state index contributed by atoms with van der Waals surface area (Å²) >= 11 is 0. The van der Waals surface area contributed by atoms with Gasteiger partial charge in [-0.1, -0.05) is 0 Å². The quantitative estimate of drug-likeness (QED) is 0.549. The van der Waals surface area contributed by atoms with Crippen molar-refractivity contribution in [1.29, 1.82) is 0 Å². The Kier molecular flexibility index (Phi) is 7.73. The maximum atomic E-state index is 8.42. The normalized spacial score (nSPS) is 12.7. The van der Waals surface area contributed by atoms with Gasteiger partial charge in [0.05, 0.1) is 18.8 Å². The topological polar surface area (TPSA) is 63.9 Å². The molecule has 0 amide bonds. The molecular formula is C9H15NO3. The van der Waals surface area contributed by atoms with E-state index in [2.05, 4.69) is 0 Å². The summed E-state index contributed by atoms with van der Waals surface area (Å²) in [6.07, 6.45) is 7.65. The SMILES string of the molecule is OC=CCN(CC=CO)CC=CO. The van der Waals surface area contributed by atoms with Crippen LogP contribution in [-0.2, 0) is 0 Å². The van der Waals surface area contributed by atoms with E-state index in [0.717, 1.165) is 18.8 Å². The van der Waals surface area contributed by atoms with Crippen LogP contribution in [0.25, 0.3) is 0 Å². The molecule has 0 heterocycles. The highest BCUT2D eigenvalue weighted by atomic mass is 16.2. The zero-order chi connectivity index (χ0) is 9.94. The molecule has 74 valence electrons. The average Bonchev–Trinajstić information content (AvgIpc) is 2.17. The zero-order valence-corrected chi connectivity index (χ0v) is 7.37. The van der Waals surface area contributed by atoms with Crippen LogP contribution in [0.4, 0.5) is 0 Å². The maximum Gasteiger partial charge on any atom is 0.0764 e. The Morgan fingerprint density at radius 3 is 1.23 bits per heavy atom. The summed E-state index contributed by atoms with van der Waals surface area (Å²) in [5.41, 5.74) is 0. The van der Waals surface area contributed by atoms with Crippen molar-refractivity contribution in [3.05, 3.63) is 37.0 Å². The number of rotatable bonds is 6. The van der Waals surface area contributed by atoms with Crippen molar-refractivity contribution in [2.24, 2.45) is 0 Å². The van der Waals surface area contributed by atoms with Crippen LogP contribution in [0.3, 0.4) is 0 Å². The van der Waals surface area contributed by atoms with E-state index in [4.69, 9.17) is 15.3 Å². The molecule has 0 aliphatic rings. The van der Waals surface area contributed by atoms with Crippen molar-refractivity contribution in [3.8, 4) is 0 Å². The monoisotopic (exact) mass is 185 g/mol. The summed E-state index contributed by atoms with van der Waals surface area (Å²) in [6, 6.07) is 0. The van der Waals surface area contributed by atoms with Gasteiger partial charge in [0.2, 0.25) is 0 Å². The second-order valence-corrected chi connectivity index (χ2v) is 2.37. The molecule has 0 atom stereocenters. The minimum absolute atomic E-state index is 0.561. The summed E-state index contributed by atoms with van der Waals surface area (Å²) < 4.78 is 0. The van der Waals surface area contributed by atoms with Gasteiger partial charge in [-0.2, -0.15) is 0 Å². The van der Waals surface area contributed by atoms with E-state index in [1.54, 1.807) is 18.2 Å². The van der Waals surface area contributed by atoms with Crippen LogP contribution >= 0.6 is 0 Å². The largest absolute Gasteiger partial charge is 0.516 e. The molecule has 0 rings (SSSR count). The molecule has 0 bridgehead atoms. The Balaban J connectivity index is 3.86. The summed E-state index contributed by atoms with van der Waals surface area (Å²) in [6.45, 7) is 1.68. The first-order valence-electron chi connectivity index (χ1n) is 3.95. The van der Waals surface area contributed by atoms with Crippen molar-refractivity contribution >= 4 is 0 Å². The first-order chi connectivity index (χ1) is 6.35. The average molecular weight is 185 g/mol. The Morgan fingerprint density at radius 2 is 1.00 bits per heavy atom. The minimum Gasteiger partial charge on any atom is -0.516 e. The fourth-order valence-electron chi connectivity index (χ4n) is 0.812. The molecule has 0 saturated heterocycles. The fourth-order valence-corrected chi connectivity index (χ4v) is 0.812. The lowest BCUT2D eigenvalue weighted by Crippen LogP contribution is -2.24. The van der Waals surface area contributed by atoms with Crippen molar-refractivity contribution in [2.75, 3.05) is 19.6 Å². The van der Waals surface area contributed by atoms with E-state index < -0.39 is 0 Å². The summed E-state index contributed by atoms with van der Waals surface area (Å²) in [5.74, 6) is 0. The van der Waals surface area contributed by atoms with Gasteiger partial charge in [-0.15, -0.1) is 0 Å². The van der Waals surface area contributed by atoms with E-state index in [1.165, 1.54) is 0 Å². The lowest BCUT2D eigenvalue weighted by Gasteiger charge is -2.15. The van der Waals surface area contributed by atoms with Crippen LogP contribution in [-0.4, -0.2) is 39.9 Å². The lowest BCUT2D eigenvalue weighted by molar-refractivity contribution is 0.357. The third-order valence-corrected chi connectivity index (χ3v) is 1.41. The second-order valence-electron chi connectivity index (χ2n) is 2.37. The Labute approximate surface area is 77.7 Å². The molecule has 0 aromatic heterocycles. The molecule has 13 heavy (non-hydrogen) atoms. The first kappa shape index (κ1) is 11.6. The van der Waals surface area contributed by atoms with Gasteiger partial charge in [0.1, 0.15) is 0 Å². The maximum absolute atomic E-state index is 8.42. The van der Waals surface area contributed by atoms with Gasteiger partial charge in [-0.3, -0.25) is 4.90 Å². The molecule has 3 N–H and O–H groups in total. The molecule has 0 aliphatic carbocycles. The van der Waals surface area contributed by atoms with E-state index in [1.807, 2.05) is 4.90 Å². The van der Waals surface area contributed by atoms with Crippen LogP contribution in [0.5, 0.6) is 0 Å². The molecule has 0 aliphatic heterocycles. The van der Waals surface area contributed by atoms with Crippen molar-refractivity contribution in [3.63, 3.8) is 0 Å². The first-order valence-corrected chi connectivity index (χ1v) is 3.95. The highest BCUT2D eigenvalue weighted by molar-refractivity contribution is 4.87. The van der Waals surface area contributed by atoms with E-state index in [-0.39, 0.29) is 0 Å². The van der Waals surface area contributed by atoms with Crippen LogP contribution < -0.4 is 0 Å². The van der Waals surface area contributed by atoms with Crippen molar-refractivity contribution in [2.45, 2.75) is 0 Å². The number of hydrogen-bond donors (Lipinski definition) is 3. The van der Waals surface area contributed by atoms with Gasteiger partial charge >= 0.3 is 0 Å². The van der Waals surface area contributed by atoms with Crippen LogP contribution in [0.2, 0.25) is 0 Å². The highest BCUT2D eigenvalue weighted by Gasteiger charge is 1.96. The zero-order valence-electron chi connectivity index (χ0n) is 7.37. The smallest absolute Gasteiger partial charge is 0.0764 e. The van der Waals surface area contributed by atoms with Gasteiger partial charge in [0.15, 0.2) is 0 Å². The fraction of sp³-hybridized carbons (Fsp3) is 0.333. The summed E-state index contributed by atoms with van der Waals surface area (Å²) in [5, 5.41) is 25.3. The molecule has 0 radical (unpaired) electrons. The molecule has 0 spiro atoms. The molecule has 0 aromatic carbocycles. The van der Waals surface area contributed by atoms with Crippen molar-refractivity contribution < 1.29 is 15.3 Å². The molecule has 4 heteroatoms. The van der Waals surface area contributed by atoms with Crippen LogP contribution in [0.1, 0.15) is 0 Å². The van der Waals surface area contributed by atoms with Gasteiger partial charge in [0.25, 0.3) is 0 Å². The summed E-state index contributed by atoms with van der Waals surface area (Å²) in [7, 11) is 0. The van der Waals surface area contributed by atoms with Gasteiger partial charge < -0.3 is 15.3 Å². The van der Waals surface area contributed by atoms with Crippen molar-refractivity contribution in [1.82, 2.24) is 4.90 Å². The molecule has 0 unspecified atom stereocenters. The number of aliphatic hydroxyl groups excluding tert-OH is 3. The Morgan fingerprint density at radius 1 is 0.692 bits per heavy atom. The molecular weight excluding hydrogens is 170 g/mol. The van der Waals surface area contributed by atoms with E-state index >= 15 is 0 Å². The van der Waals surface area contributed by atoms with Gasteiger partial charge in [0, 0.05) is 19.6 Å². The minimum atomic E-state index is 0.561. The molecule has 0 saturated carbocycles. The number of aliphatic hydroxyl groups is 3. The predicted molar refractivity (Wildman–Crippen MR) is 51.7 cm³/mol. The van der Waals surface area contributed by atoms with Gasteiger partial charge in [-0.05, 0) is 18.2 Å². The van der Waals surface area contributed by atoms with Crippen LogP contribution in [0, 0.1) is 0 Å². The second kappa shape index (κ2) is 8.67. The number of hydrogen-bond acceptors (Lipinski definition) is 4. The number of nitrogens with zero attached hydrogens (tertiary/aromatic N) is 1. The van der Waals surface area contributed by atoms with E-state index in [9.17, 15) is 0 Å². The lowest BCUT2D eigenvalue weighted by atomic mass is 10.4. The third-order valence-electron chi connectivity index (χ3n) is 1.41. The molecule has 0 aromatic rings. The molecule has 4 nitrogen and oxygen atoms in total. The Hall–Kier alpha value is -1.42. The predicted octanol–water partition coefficient (Wildman–Crippen LogP) is 1.50. The summed E-state index contributed by atoms with van der Waals surface area (Å²) in [4.78, 5) is 1.90. The van der Waals surface area contributed by atoms with Crippen LogP contribution in [0.15, 0.2) is 37.0 Å². The van der Waals surface area contributed by atoms with Gasteiger partial charge in [-0.25, -0.2) is 0 Å². The third kappa shape index (κ3) is 6.96. The molecule has 0 fully saturated rings. The Bertz CT molecular complexity index is 154.